The minimum absolute atomic E-state index is 0.204. The fourth-order valence-corrected chi connectivity index (χ4v) is 2.33. The lowest BCUT2D eigenvalue weighted by Gasteiger charge is -2.09. The normalized spacial score (nSPS) is 16.9. The van der Waals surface area contributed by atoms with E-state index in [0.29, 0.717) is 0 Å². The molecule has 0 saturated heterocycles. The maximum atomic E-state index is 10.5. The summed E-state index contributed by atoms with van der Waals surface area (Å²) in [6.45, 7) is 1.04. The van der Waals surface area contributed by atoms with Crippen LogP contribution in [0.1, 0.15) is 6.92 Å². The summed E-state index contributed by atoms with van der Waals surface area (Å²) in [7, 11) is -3.97. The molecule has 0 aliphatic carbocycles. The monoisotopic (exact) mass is 230 g/mol. The van der Waals surface area contributed by atoms with Crippen LogP contribution in [0.15, 0.2) is 0 Å². The first-order valence-electron chi connectivity index (χ1n) is 3.71. The smallest absolute Gasteiger partial charge is 0.268 e. The highest BCUT2D eigenvalue weighted by atomic mass is 32.2. The van der Waals surface area contributed by atoms with E-state index < -0.39 is 21.5 Å². The molecular weight excluding hydrogens is 216 g/mol. The Morgan fingerprint density at radius 1 is 1.38 bits per heavy atom. The summed E-state index contributed by atoms with van der Waals surface area (Å²) in [6.07, 6.45) is -0.835. The van der Waals surface area contributed by atoms with Crippen molar-refractivity contribution in [2.24, 2.45) is 0 Å². The van der Waals surface area contributed by atoms with E-state index in [-0.39, 0.29) is 18.1 Å². The van der Waals surface area contributed by atoms with Gasteiger partial charge in [0.2, 0.25) is 0 Å². The van der Waals surface area contributed by atoms with Crippen molar-refractivity contribution in [3.8, 4) is 0 Å². The Kier molecular flexibility index (Phi) is 5.90. The van der Waals surface area contributed by atoms with Crippen molar-refractivity contribution in [2.75, 3.05) is 18.1 Å². The first kappa shape index (κ1) is 13.2. The minimum Gasteiger partial charge on any atom is -0.394 e. The molecule has 0 spiro atoms. The topological polar surface area (TPSA) is 94.8 Å². The molecule has 0 aromatic carbocycles. The largest absolute Gasteiger partial charge is 0.394 e. The molecule has 0 saturated carbocycles. The van der Waals surface area contributed by atoms with Gasteiger partial charge in [-0.2, -0.15) is 20.2 Å². The molecule has 0 aromatic rings. The molecule has 5 nitrogen and oxygen atoms in total. The Morgan fingerprint density at radius 2 is 1.92 bits per heavy atom. The van der Waals surface area contributed by atoms with Gasteiger partial charge in [0.15, 0.2) is 0 Å². The van der Waals surface area contributed by atoms with Crippen LogP contribution in [0.4, 0.5) is 0 Å². The molecule has 0 rings (SSSR count). The molecule has 0 aliphatic heterocycles. The fourth-order valence-electron chi connectivity index (χ4n) is 0.509. The second-order valence-electron chi connectivity index (χ2n) is 2.70. The SMILES string of the molecule is CC(CSCC(O)CO)S(=O)(=O)O. The Bertz CT molecular complexity index is 225. The van der Waals surface area contributed by atoms with Gasteiger partial charge >= 0.3 is 0 Å². The van der Waals surface area contributed by atoms with Gasteiger partial charge in [-0.05, 0) is 6.92 Å². The molecule has 0 aliphatic rings. The van der Waals surface area contributed by atoms with Gasteiger partial charge in [-0.25, -0.2) is 0 Å². The Hall–Kier alpha value is 0.180. The van der Waals surface area contributed by atoms with Gasteiger partial charge in [-0.15, -0.1) is 0 Å². The maximum absolute atomic E-state index is 10.5. The van der Waals surface area contributed by atoms with E-state index in [1.54, 1.807) is 0 Å². The number of hydrogen-bond donors (Lipinski definition) is 3. The predicted octanol–water partition coefficient (Wildman–Crippen LogP) is -0.651. The molecule has 0 fully saturated rings. The zero-order valence-electron chi connectivity index (χ0n) is 7.25. The van der Waals surface area contributed by atoms with Crippen LogP contribution in [-0.2, 0) is 10.1 Å². The molecule has 80 valence electrons. The van der Waals surface area contributed by atoms with E-state index in [0.717, 1.165) is 0 Å². The zero-order valence-corrected chi connectivity index (χ0v) is 8.88. The second kappa shape index (κ2) is 5.82. The van der Waals surface area contributed by atoms with Gasteiger partial charge in [0.1, 0.15) is 0 Å². The third-order valence-corrected chi connectivity index (χ3v) is 4.13. The lowest BCUT2D eigenvalue weighted by molar-refractivity contribution is 0.113. The summed E-state index contributed by atoms with van der Waals surface area (Å²) in [5, 5.41) is 16.5. The van der Waals surface area contributed by atoms with Crippen LogP contribution in [0.25, 0.3) is 0 Å². The molecule has 0 radical (unpaired) electrons. The molecule has 0 amide bonds. The number of hydrogen-bond acceptors (Lipinski definition) is 5. The molecule has 2 atom stereocenters. The van der Waals surface area contributed by atoms with Crippen molar-refractivity contribution in [3.05, 3.63) is 0 Å². The Morgan fingerprint density at radius 3 is 2.31 bits per heavy atom. The third kappa shape index (κ3) is 6.28. The van der Waals surface area contributed by atoms with Crippen LogP contribution in [0, 0.1) is 0 Å². The van der Waals surface area contributed by atoms with Crippen molar-refractivity contribution in [3.63, 3.8) is 0 Å². The molecule has 7 heteroatoms. The molecule has 3 N–H and O–H groups in total. The summed E-state index contributed by atoms with van der Waals surface area (Å²) >= 11 is 1.17. The van der Waals surface area contributed by atoms with Gasteiger partial charge in [-0.3, -0.25) is 4.55 Å². The highest BCUT2D eigenvalue weighted by molar-refractivity contribution is 8.00. The van der Waals surface area contributed by atoms with Crippen LogP contribution >= 0.6 is 11.8 Å². The average Bonchev–Trinajstić information content (AvgIpc) is 2.02. The minimum atomic E-state index is -3.97. The highest BCUT2D eigenvalue weighted by Gasteiger charge is 2.17. The van der Waals surface area contributed by atoms with E-state index in [2.05, 4.69) is 0 Å². The van der Waals surface area contributed by atoms with Gasteiger partial charge < -0.3 is 10.2 Å². The van der Waals surface area contributed by atoms with Crippen molar-refractivity contribution < 1.29 is 23.2 Å². The lowest BCUT2D eigenvalue weighted by Crippen LogP contribution is -2.21. The summed E-state index contributed by atoms with van der Waals surface area (Å²) in [5.41, 5.74) is 0. The fraction of sp³-hybridized carbons (Fsp3) is 1.00. The zero-order chi connectivity index (χ0) is 10.5. The van der Waals surface area contributed by atoms with Crippen LogP contribution in [0.5, 0.6) is 0 Å². The highest BCUT2D eigenvalue weighted by Crippen LogP contribution is 2.09. The molecule has 0 aromatic heterocycles. The van der Waals surface area contributed by atoms with Crippen LogP contribution in [0.3, 0.4) is 0 Å². The summed E-state index contributed by atoms with van der Waals surface area (Å²) in [6, 6.07) is 0. The van der Waals surface area contributed by atoms with Crippen LogP contribution in [0.2, 0.25) is 0 Å². The molecule has 0 heterocycles. The Labute approximate surface area is 81.9 Å². The van der Waals surface area contributed by atoms with Gasteiger partial charge in [0.25, 0.3) is 10.1 Å². The number of thioether (sulfide) groups is 1. The summed E-state index contributed by atoms with van der Waals surface area (Å²) < 4.78 is 29.6. The number of rotatable bonds is 6. The van der Waals surface area contributed by atoms with E-state index in [9.17, 15) is 8.42 Å². The van der Waals surface area contributed by atoms with E-state index in [1.807, 2.05) is 0 Å². The van der Waals surface area contributed by atoms with Crippen molar-refractivity contribution in [1.29, 1.82) is 0 Å². The number of aliphatic hydroxyl groups excluding tert-OH is 2. The average molecular weight is 230 g/mol. The molecular formula is C6H14O5S2. The number of aliphatic hydroxyl groups is 2. The van der Waals surface area contributed by atoms with Gasteiger partial charge in [0, 0.05) is 11.5 Å². The quantitative estimate of drug-likeness (QED) is 0.525. The lowest BCUT2D eigenvalue weighted by atomic mass is 10.4. The van der Waals surface area contributed by atoms with Crippen LogP contribution < -0.4 is 0 Å². The molecule has 0 bridgehead atoms. The van der Waals surface area contributed by atoms with Crippen molar-refractivity contribution in [2.45, 2.75) is 18.3 Å². The standard InChI is InChI=1S/C6H14O5S2/c1-5(13(9,10)11)3-12-4-6(8)2-7/h5-8H,2-4H2,1H3,(H,9,10,11). The first-order chi connectivity index (χ1) is 5.88. The summed E-state index contributed by atoms with van der Waals surface area (Å²) in [4.78, 5) is 0. The van der Waals surface area contributed by atoms with Gasteiger partial charge in [-0.1, -0.05) is 0 Å². The van der Waals surface area contributed by atoms with Crippen molar-refractivity contribution >= 4 is 21.9 Å². The second-order valence-corrected chi connectivity index (χ2v) is 5.61. The molecule has 13 heavy (non-hydrogen) atoms. The van der Waals surface area contributed by atoms with E-state index in [4.69, 9.17) is 14.8 Å². The maximum Gasteiger partial charge on any atom is 0.268 e. The van der Waals surface area contributed by atoms with Crippen LogP contribution in [-0.4, -0.2) is 52.7 Å². The first-order valence-corrected chi connectivity index (χ1v) is 6.36. The van der Waals surface area contributed by atoms with E-state index in [1.165, 1.54) is 18.7 Å². The molecule has 2 unspecified atom stereocenters. The van der Waals surface area contributed by atoms with Crippen molar-refractivity contribution in [1.82, 2.24) is 0 Å². The third-order valence-electron chi connectivity index (χ3n) is 1.38. The summed E-state index contributed by atoms with van der Waals surface area (Å²) in [5.74, 6) is 0.465. The van der Waals surface area contributed by atoms with Gasteiger partial charge in [0.05, 0.1) is 18.0 Å². The van der Waals surface area contributed by atoms with E-state index >= 15 is 0 Å². The predicted molar refractivity (Wildman–Crippen MR) is 51.4 cm³/mol. The Balaban J connectivity index is 3.66.